The molecule has 2 aromatic heterocycles. The minimum Gasteiger partial charge on any atom is -0.368 e. The summed E-state index contributed by atoms with van der Waals surface area (Å²) < 4.78 is 1.63. The van der Waals surface area contributed by atoms with Gasteiger partial charge in [-0.05, 0) is 12.1 Å². The van der Waals surface area contributed by atoms with Crippen LogP contribution in [0, 0.1) is 0 Å². The molecule has 2 aromatic rings. The smallest absolute Gasteiger partial charge is 0.226 e. The lowest BCUT2D eigenvalue weighted by Crippen LogP contribution is -1.92. The second kappa shape index (κ2) is 2.10. The average Bonchev–Trinajstić information content (AvgIpc) is 2.35. The van der Waals surface area contributed by atoms with Crippen LogP contribution in [0.2, 0.25) is 5.02 Å². The molecule has 0 saturated heterocycles. The van der Waals surface area contributed by atoms with Crippen LogP contribution in [-0.4, -0.2) is 14.6 Å². The van der Waals surface area contributed by atoms with Gasteiger partial charge in [-0.25, -0.2) is 0 Å². The van der Waals surface area contributed by atoms with Crippen LogP contribution in [0.3, 0.4) is 0 Å². The zero-order chi connectivity index (χ0) is 7.84. The van der Waals surface area contributed by atoms with Gasteiger partial charge in [0.1, 0.15) is 0 Å². The van der Waals surface area contributed by atoms with E-state index in [1.807, 2.05) is 0 Å². The van der Waals surface area contributed by atoms with E-state index in [0.717, 1.165) is 0 Å². The summed E-state index contributed by atoms with van der Waals surface area (Å²) in [5.41, 5.74) is 6.07. The molecule has 5 heteroatoms. The number of nitrogens with zero attached hydrogens (tertiary/aromatic N) is 3. The lowest BCUT2D eigenvalue weighted by Gasteiger charge is -1.93. The van der Waals surface area contributed by atoms with Crippen LogP contribution >= 0.6 is 11.6 Å². The SMILES string of the molecule is Nc1nnc2c(Cl)cccn12. The van der Waals surface area contributed by atoms with Crippen LogP contribution in [0.15, 0.2) is 18.3 Å². The highest BCUT2D eigenvalue weighted by Gasteiger charge is 2.02. The van der Waals surface area contributed by atoms with E-state index in [2.05, 4.69) is 10.2 Å². The number of pyridine rings is 1. The molecule has 2 rings (SSSR count). The summed E-state index contributed by atoms with van der Waals surface area (Å²) in [7, 11) is 0. The van der Waals surface area contributed by atoms with Crippen molar-refractivity contribution in [1.82, 2.24) is 14.6 Å². The van der Waals surface area contributed by atoms with Crippen LogP contribution in [0.25, 0.3) is 5.65 Å². The molecule has 0 aliphatic carbocycles. The van der Waals surface area contributed by atoms with Crippen molar-refractivity contribution in [2.45, 2.75) is 0 Å². The summed E-state index contributed by atoms with van der Waals surface area (Å²) in [4.78, 5) is 0. The quantitative estimate of drug-likeness (QED) is 0.638. The van der Waals surface area contributed by atoms with E-state index in [1.54, 1.807) is 22.7 Å². The molecular formula is C6H5ClN4. The van der Waals surface area contributed by atoms with Crippen molar-refractivity contribution < 1.29 is 0 Å². The maximum Gasteiger partial charge on any atom is 0.226 e. The molecule has 0 unspecified atom stereocenters. The molecule has 2 heterocycles. The first-order chi connectivity index (χ1) is 5.29. The van der Waals surface area contributed by atoms with Gasteiger partial charge in [-0.2, -0.15) is 0 Å². The molecule has 11 heavy (non-hydrogen) atoms. The van der Waals surface area contributed by atoms with Gasteiger partial charge >= 0.3 is 0 Å². The second-order valence-corrected chi connectivity index (χ2v) is 2.52. The zero-order valence-corrected chi connectivity index (χ0v) is 6.28. The monoisotopic (exact) mass is 168 g/mol. The molecule has 4 nitrogen and oxygen atoms in total. The predicted molar refractivity (Wildman–Crippen MR) is 42.4 cm³/mol. The van der Waals surface area contributed by atoms with Crippen molar-refractivity contribution in [3.63, 3.8) is 0 Å². The van der Waals surface area contributed by atoms with Crippen LogP contribution in [-0.2, 0) is 0 Å². The molecule has 0 aromatic carbocycles. The Morgan fingerprint density at radius 2 is 2.27 bits per heavy atom. The van der Waals surface area contributed by atoms with Gasteiger partial charge in [0, 0.05) is 6.20 Å². The summed E-state index contributed by atoms with van der Waals surface area (Å²) >= 11 is 5.79. The predicted octanol–water partition coefficient (Wildman–Crippen LogP) is 0.965. The van der Waals surface area contributed by atoms with Gasteiger partial charge in [-0.1, -0.05) is 11.6 Å². The summed E-state index contributed by atoms with van der Waals surface area (Å²) in [6.07, 6.45) is 1.76. The summed E-state index contributed by atoms with van der Waals surface area (Å²) in [5.74, 6) is 0.350. The fraction of sp³-hybridized carbons (Fsp3) is 0. The normalized spacial score (nSPS) is 10.6. The summed E-state index contributed by atoms with van der Waals surface area (Å²) in [6, 6.07) is 3.53. The highest BCUT2D eigenvalue weighted by Crippen LogP contribution is 2.15. The van der Waals surface area contributed by atoms with Gasteiger partial charge in [0.15, 0.2) is 5.65 Å². The Hall–Kier alpha value is -1.29. The zero-order valence-electron chi connectivity index (χ0n) is 5.53. The molecule has 2 N–H and O–H groups in total. The molecule has 0 spiro atoms. The number of hydrogen-bond donors (Lipinski definition) is 1. The number of fused-ring (bicyclic) bond motifs is 1. The number of halogens is 1. The first kappa shape index (κ1) is 6.42. The van der Waals surface area contributed by atoms with Gasteiger partial charge < -0.3 is 5.73 Å². The largest absolute Gasteiger partial charge is 0.368 e. The lowest BCUT2D eigenvalue weighted by molar-refractivity contribution is 1.12. The number of nitrogens with two attached hydrogens (primary N) is 1. The third kappa shape index (κ3) is 0.832. The summed E-state index contributed by atoms with van der Waals surface area (Å²) in [5, 5.41) is 7.99. The molecule has 0 bridgehead atoms. The average molecular weight is 169 g/mol. The fourth-order valence-corrected chi connectivity index (χ4v) is 1.10. The van der Waals surface area contributed by atoms with E-state index < -0.39 is 0 Å². The fourth-order valence-electron chi connectivity index (χ4n) is 0.901. The second-order valence-electron chi connectivity index (χ2n) is 2.11. The Morgan fingerprint density at radius 1 is 1.45 bits per heavy atom. The molecule has 0 aliphatic heterocycles. The minimum atomic E-state index is 0.350. The lowest BCUT2D eigenvalue weighted by atomic mass is 10.5. The van der Waals surface area contributed by atoms with Crippen LogP contribution in [0.1, 0.15) is 0 Å². The van der Waals surface area contributed by atoms with Crippen molar-refractivity contribution in [3.8, 4) is 0 Å². The molecule has 56 valence electrons. The van der Waals surface area contributed by atoms with Gasteiger partial charge in [-0.3, -0.25) is 4.40 Å². The molecule has 0 aliphatic rings. The van der Waals surface area contributed by atoms with Crippen molar-refractivity contribution in [1.29, 1.82) is 0 Å². The minimum absolute atomic E-state index is 0.350. The Kier molecular flexibility index (Phi) is 1.22. The third-order valence-corrected chi connectivity index (χ3v) is 1.71. The van der Waals surface area contributed by atoms with Gasteiger partial charge in [0.05, 0.1) is 5.02 Å². The van der Waals surface area contributed by atoms with Crippen LogP contribution in [0.4, 0.5) is 5.95 Å². The van der Waals surface area contributed by atoms with E-state index in [4.69, 9.17) is 17.3 Å². The van der Waals surface area contributed by atoms with E-state index in [-0.39, 0.29) is 0 Å². The molecule has 0 amide bonds. The molecule has 0 radical (unpaired) electrons. The first-order valence-electron chi connectivity index (χ1n) is 3.04. The van der Waals surface area contributed by atoms with Crippen molar-refractivity contribution in [2.75, 3.05) is 5.73 Å². The summed E-state index contributed by atoms with van der Waals surface area (Å²) in [6.45, 7) is 0. The Balaban J connectivity index is 2.94. The Bertz CT molecular complexity index is 394. The number of hydrogen-bond acceptors (Lipinski definition) is 3. The third-order valence-electron chi connectivity index (χ3n) is 1.41. The van der Waals surface area contributed by atoms with E-state index in [0.29, 0.717) is 16.6 Å². The van der Waals surface area contributed by atoms with Crippen molar-refractivity contribution >= 4 is 23.2 Å². The van der Waals surface area contributed by atoms with Gasteiger partial charge in [0.25, 0.3) is 0 Å². The van der Waals surface area contributed by atoms with E-state index in [9.17, 15) is 0 Å². The van der Waals surface area contributed by atoms with Gasteiger partial charge in [0.2, 0.25) is 5.95 Å². The molecule has 0 atom stereocenters. The molecule has 0 saturated carbocycles. The van der Waals surface area contributed by atoms with Gasteiger partial charge in [-0.15, -0.1) is 10.2 Å². The standard InChI is InChI=1S/C6H5ClN4/c7-4-2-1-3-11-5(4)9-10-6(11)8/h1-3H,(H2,8,10). The number of rotatable bonds is 0. The maximum absolute atomic E-state index is 5.79. The molecular weight excluding hydrogens is 164 g/mol. The maximum atomic E-state index is 5.79. The van der Waals surface area contributed by atoms with Crippen molar-refractivity contribution in [2.24, 2.45) is 0 Å². The van der Waals surface area contributed by atoms with Crippen LogP contribution < -0.4 is 5.73 Å². The first-order valence-corrected chi connectivity index (χ1v) is 3.41. The topological polar surface area (TPSA) is 56.2 Å². The van der Waals surface area contributed by atoms with E-state index in [1.165, 1.54) is 0 Å². The van der Waals surface area contributed by atoms with E-state index >= 15 is 0 Å². The Labute approximate surface area is 67.6 Å². The highest BCUT2D eigenvalue weighted by molar-refractivity contribution is 6.33. The Morgan fingerprint density at radius 3 is 3.00 bits per heavy atom. The molecule has 0 fully saturated rings. The number of nitrogen functional groups attached to an aromatic ring is 1. The number of anilines is 1. The highest BCUT2D eigenvalue weighted by atomic mass is 35.5. The van der Waals surface area contributed by atoms with Crippen molar-refractivity contribution in [3.05, 3.63) is 23.4 Å². The van der Waals surface area contributed by atoms with Crippen LogP contribution in [0.5, 0.6) is 0 Å². The number of aromatic nitrogens is 3.